The van der Waals surface area contributed by atoms with E-state index in [1.54, 1.807) is 18.0 Å². The van der Waals surface area contributed by atoms with Gasteiger partial charge in [0.05, 0.1) is 18.2 Å². The number of carbonyl (C=O) groups is 2. The molecule has 1 aliphatic rings. The molecule has 3 aromatic rings. The van der Waals surface area contributed by atoms with Crippen LogP contribution in [0.3, 0.4) is 0 Å². The van der Waals surface area contributed by atoms with Crippen molar-refractivity contribution in [1.29, 1.82) is 0 Å². The quantitative estimate of drug-likeness (QED) is 0.656. The molecule has 2 heterocycles. The molecule has 4 rings (SSSR count). The van der Waals surface area contributed by atoms with Crippen LogP contribution in [0.5, 0.6) is 11.5 Å². The lowest BCUT2D eigenvalue weighted by Crippen LogP contribution is -2.32. The Balaban J connectivity index is 1.89. The van der Waals surface area contributed by atoms with E-state index >= 15 is 0 Å². The predicted molar refractivity (Wildman–Crippen MR) is 105 cm³/mol. The fourth-order valence-electron chi connectivity index (χ4n) is 3.12. The molecule has 1 amide bonds. The summed E-state index contributed by atoms with van der Waals surface area (Å²) in [5.41, 5.74) is 0.725. The molecule has 0 fully saturated rings. The van der Waals surface area contributed by atoms with Crippen molar-refractivity contribution in [3.05, 3.63) is 59.8 Å². The second-order valence-corrected chi connectivity index (χ2v) is 6.51. The van der Waals surface area contributed by atoms with Crippen LogP contribution in [0, 0.1) is 0 Å². The first kappa shape index (κ1) is 17.8. The van der Waals surface area contributed by atoms with Gasteiger partial charge in [0.1, 0.15) is 5.75 Å². The van der Waals surface area contributed by atoms with Gasteiger partial charge >= 0.3 is 5.97 Å². The summed E-state index contributed by atoms with van der Waals surface area (Å²) in [5.74, 6) is 0.615. The molecule has 0 spiro atoms. The summed E-state index contributed by atoms with van der Waals surface area (Å²) >= 11 is 0. The van der Waals surface area contributed by atoms with Crippen LogP contribution in [0.25, 0.3) is 10.8 Å². The minimum Gasteiger partial charge on any atom is -0.465 e. The lowest BCUT2D eigenvalue weighted by Gasteiger charge is -2.23. The maximum absolute atomic E-state index is 13.0. The number of hydrogen-bond acceptors (Lipinski definition) is 6. The number of carbonyl (C=O) groups excluding carboxylic acids is 2. The van der Waals surface area contributed by atoms with E-state index in [0.29, 0.717) is 36.0 Å². The van der Waals surface area contributed by atoms with Crippen molar-refractivity contribution in [2.45, 2.75) is 0 Å². The second kappa shape index (κ2) is 7.19. The average molecular weight is 377 g/mol. The number of esters is 1. The number of aromatic nitrogens is 1. The molecule has 0 aliphatic carbocycles. The van der Waals surface area contributed by atoms with Crippen molar-refractivity contribution >= 4 is 28.5 Å². The van der Waals surface area contributed by atoms with Crippen molar-refractivity contribution in [2.75, 3.05) is 32.6 Å². The lowest BCUT2D eigenvalue weighted by molar-refractivity contribution is 0.0599. The van der Waals surface area contributed by atoms with Gasteiger partial charge in [0.15, 0.2) is 11.6 Å². The molecule has 0 saturated carbocycles. The number of amides is 1. The highest BCUT2D eigenvalue weighted by atomic mass is 16.5. The van der Waals surface area contributed by atoms with E-state index in [1.165, 1.54) is 13.3 Å². The van der Waals surface area contributed by atoms with Crippen molar-refractivity contribution in [2.24, 2.45) is 0 Å². The zero-order valence-corrected chi connectivity index (χ0v) is 15.6. The van der Waals surface area contributed by atoms with Crippen molar-refractivity contribution in [3.8, 4) is 11.5 Å². The van der Waals surface area contributed by atoms with E-state index in [4.69, 9.17) is 9.47 Å². The molecule has 7 heteroatoms. The third kappa shape index (κ3) is 3.22. The Labute approximate surface area is 161 Å². The van der Waals surface area contributed by atoms with E-state index in [0.717, 1.165) is 10.8 Å². The van der Waals surface area contributed by atoms with E-state index in [2.05, 4.69) is 10.3 Å². The number of hydrogen-bond donors (Lipinski definition) is 1. The first-order chi connectivity index (χ1) is 13.6. The molecule has 7 nitrogen and oxygen atoms in total. The SMILES string of the molecule is COC(=O)c1cnc2c(c1)Oc1cc3ccccc3cc1C(=O)N(C)CCN2. The summed E-state index contributed by atoms with van der Waals surface area (Å²) in [7, 11) is 3.06. The van der Waals surface area contributed by atoms with Crippen LogP contribution >= 0.6 is 0 Å². The Morgan fingerprint density at radius 1 is 1.18 bits per heavy atom. The zero-order chi connectivity index (χ0) is 19.7. The average Bonchev–Trinajstić information content (AvgIpc) is 2.72. The molecular formula is C21H19N3O4. The molecule has 0 bridgehead atoms. The molecule has 0 unspecified atom stereocenters. The largest absolute Gasteiger partial charge is 0.465 e. The third-order valence-electron chi connectivity index (χ3n) is 4.66. The highest BCUT2D eigenvalue weighted by Gasteiger charge is 2.22. The van der Waals surface area contributed by atoms with Crippen LogP contribution < -0.4 is 10.1 Å². The number of pyridine rings is 1. The first-order valence-electron chi connectivity index (χ1n) is 8.85. The summed E-state index contributed by atoms with van der Waals surface area (Å²) in [6, 6.07) is 13.0. The number of likely N-dealkylation sites (N-methyl/N-ethyl adjacent to an activating group) is 1. The van der Waals surface area contributed by atoms with Crippen molar-refractivity contribution in [3.63, 3.8) is 0 Å². The number of anilines is 1. The van der Waals surface area contributed by atoms with Gasteiger partial charge in [-0.1, -0.05) is 24.3 Å². The summed E-state index contributed by atoms with van der Waals surface area (Å²) in [4.78, 5) is 30.8. The van der Waals surface area contributed by atoms with Gasteiger partial charge in [-0.2, -0.15) is 0 Å². The molecule has 0 atom stereocenters. The summed E-state index contributed by atoms with van der Waals surface area (Å²) < 4.78 is 10.9. The maximum Gasteiger partial charge on any atom is 0.339 e. The first-order valence-corrected chi connectivity index (χ1v) is 8.85. The van der Waals surface area contributed by atoms with Crippen LogP contribution in [-0.4, -0.2) is 49.0 Å². The van der Waals surface area contributed by atoms with E-state index in [-0.39, 0.29) is 11.5 Å². The number of benzene rings is 2. The summed E-state index contributed by atoms with van der Waals surface area (Å²) in [6.07, 6.45) is 1.43. The molecule has 0 saturated heterocycles. The normalized spacial score (nSPS) is 13.8. The highest BCUT2D eigenvalue weighted by molar-refractivity contribution is 6.01. The summed E-state index contributed by atoms with van der Waals surface area (Å²) in [6.45, 7) is 0.983. The van der Waals surface area contributed by atoms with Gasteiger partial charge in [0.25, 0.3) is 5.91 Å². The van der Waals surface area contributed by atoms with Gasteiger partial charge in [-0.15, -0.1) is 0 Å². The molecule has 28 heavy (non-hydrogen) atoms. The number of ether oxygens (including phenoxy) is 2. The molecule has 1 aromatic heterocycles. The maximum atomic E-state index is 13.0. The Kier molecular flexibility index (Phi) is 4.57. The summed E-state index contributed by atoms with van der Waals surface area (Å²) in [5, 5.41) is 5.05. The zero-order valence-electron chi connectivity index (χ0n) is 15.6. The fraction of sp³-hybridized carbons (Fsp3) is 0.190. The van der Waals surface area contributed by atoms with Crippen LogP contribution in [0.4, 0.5) is 5.82 Å². The number of rotatable bonds is 1. The van der Waals surface area contributed by atoms with Gasteiger partial charge in [0.2, 0.25) is 0 Å². The van der Waals surface area contributed by atoms with Crippen molar-refractivity contribution < 1.29 is 19.1 Å². The third-order valence-corrected chi connectivity index (χ3v) is 4.66. The number of fused-ring (bicyclic) bond motifs is 3. The van der Waals surface area contributed by atoms with E-state index in [1.807, 2.05) is 36.4 Å². The Hall–Kier alpha value is -3.61. The molecule has 1 aliphatic heterocycles. The van der Waals surface area contributed by atoms with Crippen molar-refractivity contribution in [1.82, 2.24) is 9.88 Å². The Morgan fingerprint density at radius 2 is 1.93 bits per heavy atom. The number of nitrogens with zero attached hydrogens (tertiary/aromatic N) is 2. The Bertz CT molecular complexity index is 1080. The lowest BCUT2D eigenvalue weighted by atomic mass is 10.0. The van der Waals surface area contributed by atoms with Gasteiger partial charge in [0, 0.05) is 32.4 Å². The fourth-order valence-corrected chi connectivity index (χ4v) is 3.12. The van der Waals surface area contributed by atoms with Crippen LogP contribution in [0.15, 0.2) is 48.7 Å². The van der Waals surface area contributed by atoms with E-state index in [9.17, 15) is 9.59 Å². The topological polar surface area (TPSA) is 80.8 Å². The smallest absolute Gasteiger partial charge is 0.339 e. The van der Waals surface area contributed by atoms with Gasteiger partial charge in [-0.05, 0) is 22.9 Å². The standard InChI is InChI=1S/C21H19N3O4/c1-24-8-7-22-19-18(11-15(12-23-19)21(26)27-2)28-17-10-14-6-4-3-5-13(14)9-16(17)20(24)25/h3-6,9-12H,7-8H2,1-2H3,(H,22,23). The van der Waals surface area contributed by atoms with Gasteiger partial charge < -0.3 is 19.7 Å². The Morgan fingerprint density at radius 3 is 2.68 bits per heavy atom. The van der Waals surface area contributed by atoms with Crippen LogP contribution in [0.1, 0.15) is 20.7 Å². The highest BCUT2D eigenvalue weighted by Crippen LogP contribution is 2.35. The minimum atomic E-state index is -0.509. The molecule has 142 valence electrons. The second-order valence-electron chi connectivity index (χ2n) is 6.51. The van der Waals surface area contributed by atoms with Gasteiger partial charge in [-0.3, -0.25) is 4.79 Å². The van der Waals surface area contributed by atoms with Crippen LogP contribution in [-0.2, 0) is 4.74 Å². The minimum absolute atomic E-state index is 0.136. The van der Waals surface area contributed by atoms with E-state index < -0.39 is 5.97 Å². The van der Waals surface area contributed by atoms with Gasteiger partial charge in [-0.25, -0.2) is 9.78 Å². The van der Waals surface area contributed by atoms with Crippen LogP contribution in [0.2, 0.25) is 0 Å². The monoisotopic (exact) mass is 377 g/mol. The molecule has 0 radical (unpaired) electrons. The molecule has 2 aromatic carbocycles. The number of nitrogens with one attached hydrogen (secondary N) is 1. The molecule has 1 N–H and O–H groups in total. The molecular weight excluding hydrogens is 358 g/mol. The number of methoxy groups -OCH3 is 1. The predicted octanol–water partition coefficient (Wildman–Crippen LogP) is 3.31.